The highest BCUT2D eigenvalue weighted by molar-refractivity contribution is 5.87. The Morgan fingerprint density at radius 3 is 1.22 bits per heavy atom. The van der Waals surface area contributed by atoms with Gasteiger partial charge in [0.15, 0.2) is 0 Å². The van der Waals surface area contributed by atoms with Crippen LogP contribution >= 0.6 is 0 Å². The molecule has 0 heterocycles. The molecule has 4 saturated carbocycles. The van der Waals surface area contributed by atoms with Gasteiger partial charge in [0.05, 0.1) is 30.8 Å². The minimum Gasteiger partial charge on any atom is -0.469 e. The molecule has 11 nitrogen and oxygen atoms in total. The Kier molecular flexibility index (Phi) is 7.99. The summed E-state index contributed by atoms with van der Waals surface area (Å²) in [6.07, 6.45) is 5.09. The zero-order chi connectivity index (χ0) is 26.9. The predicted octanol–water partition coefficient (Wildman–Crippen LogP) is 1.15. The third kappa shape index (κ3) is 6.18. The maximum atomic E-state index is 12.9. The van der Waals surface area contributed by atoms with Crippen molar-refractivity contribution < 1.29 is 33.4 Å². The van der Waals surface area contributed by atoms with Crippen LogP contribution in [0.1, 0.15) is 72.1 Å². The topological polar surface area (TPSA) is 152 Å². The molecule has 0 aliphatic heterocycles. The van der Waals surface area contributed by atoms with Gasteiger partial charge in [-0.25, -0.2) is 4.79 Å². The molecule has 37 heavy (non-hydrogen) atoms. The summed E-state index contributed by atoms with van der Waals surface area (Å²) in [6.45, 7) is 5.35. The minimum absolute atomic E-state index is 0.137. The summed E-state index contributed by atoms with van der Waals surface area (Å²) in [6, 6.07) is -0.970. The Bertz CT molecular complexity index is 932. The van der Waals surface area contributed by atoms with E-state index in [9.17, 15) is 24.0 Å². The SMILES string of the molecule is COC(=O)[C@H]1CC[C@@H]1NC(=O)[C@@H]1CC[C@@H]1NC(=O)[C@@H]1CC[C@@H]1NC(=O)[C@@H]1CC[C@@H]1NC(=O)OC(C)(C)C. The number of hydrogen-bond acceptors (Lipinski definition) is 7. The first-order chi connectivity index (χ1) is 17.5. The zero-order valence-corrected chi connectivity index (χ0v) is 22.1. The monoisotopic (exact) mass is 520 g/mol. The average Bonchev–Trinajstić information content (AvgIpc) is 2.73. The minimum atomic E-state index is -0.610. The molecule has 8 atom stereocenters. The van der Waals surface area contributed by atoms with Crippen LogP contribution < -0.4 is 21.3 Å². The molecule has 4 aliphatic rings. The molecule has 0 aromatic heterocycles. The summed E-state index contributed by atoms with van der Waals surface area (Å²) < 4.78 is 10.1. The number of carbonyl (C=O) groups excluding carboxylic acids is 5. The van der Waals surface area contributed by atoms with Gasteiger partial charge in [-0.2, -0.15) is 0 Å². The van der Waals surface area contributed by atoms with Crippen molar-refractivity contribution in [1.82, 2.24) is 21.3 Å². The summed E-state index contributed by atoms with van der Waals surface area (Å²) in [7, 11) is 1.35. The summed E-state index contributed by atoms with van der Waals surface area (Å²) in [5.74, 6) is -2.02. The first-order valence-corrected chi connectivity index (χ1v) is 13.4. The summed E-state index contributed by atoms with van der Waals surface area (Å²) in [4.78, 5) is 62.3. The van der Waals surface area contributed by atoms with Crippen LogP contribution in [0.4, 0.5) is 4.79 Å². The maximum absolute atomic E-state index is 12.9. The Hall–Kier alpha value is -2.85. The van der Waals surface area contributed by atoms with E-state index in [4.69, 9.17) is 9.47 Å². The lowest BCUT2D eigenvalue weighted by Gasteiger charge is -2.43. The number of esters is 1. The van der Waals surface area contributed by atoms with Crippen molar-refractivity contribution in [3.05, 3.63) is 0 Å². The van der Waals surface area contributed by atoms with Crippen molar-refractivity contribution in [2.24, 2.45) is 23.7 Å². The standard InChI is InChI=1S/C26H40N4O7/c1-26(2,3)37-25(35)30-19-11-7-15(19)23(33)28-17-9-5-13(17)21(31)27-18-10-6-14(18)22(32)29-20-12-8-16(20)24(34)36-4/h13-20H,5-12H2,1-4H3,(H,27,31)(H,28,33)(H,29,32)(H,30,35)/t13-,14-,15-,16+,17+,18+,19+,20+/m1/s1. The number of ether oxygens (including phenoxy) is 2. The number of carbonyl (C=O) groups is 5. The van der Waals surface area contributed by atoms with E-state index in [2.05, 4.69) is 21.3 Å². The van der Waals surface area contributed by atoms with Crippen molar-refractivity contribution in [2.75, 3.05) is 7.11 Å². The van der Waals surface area contributed by atoms with Gasteiger partial charge in [-0.1, -0.05) is 0 Å². The Morgan fingerprint density at radius 1 is 0.568 bits per heavy atom. The summed E-state index contributed by atoms with van der Waals surface area (Å²) >= 11 is 0. The molecule has 4 aliphatic carbocycles. The van der Waals surface area contributed by atoms with Crippen molar-refractivity contribution >= 4 is 29.8 Å². The lowest BCUT2D eigenvalue weighted by atomic mass is 9.74. The van der Waals surface area contributed by atoms with E-state index in [-0.39, 0.29) is 71.5 Å². The van der Waals surface area contributed by atoms with E-state index in [0.29, 0.717) is 38.5 Å². The van der Waals surface area contributed by atoms with Crippen LogP contribution in [-0.4, -0.2) is 66.7 Å². The largest absolute Gasteiger partial charge is 0.469 e. The van der Waals surface area contributed by atoms with E-state index < -0.39 is 11.7 Å². The fraction of sp³-hybridized carbons (Fsp3) is 0.808. The van der Waals surface area contributed by atoms with Crippen LogP contribution in [-0.2, 0) is 28.7 Å². The second kappa shape index (κ2) is 10.9. The van der Waals surface area contributed by atoms with Crippen molar-refractivity contribution in [3.63, 3.8) is 0 Å². The molecule has 4 rings (SSSR count). The highest BCUT2D eigenvalue weighted by Gasteiger charge is 2.46. The van der Waals surface area contributed by atoms with Gasteiger partial charge >= 0.3 is 12.1 Å². The Labute approximate surface area is 217 Å². The van der Waals surface area contributed by atoms with Gasteiger partial charge in [-0.05, 0) is 72.1 Å². The van der Waals surface area contributed by atoms with Gasteiger partial charge in [-0.3, -0.25) is 19.2 Å². The predicted molar refractivity (Wildman–Crippen MR) is 132 cm³/mol. The molecule has 0 saturated heterocycles. The third-order valence-corrected chi connectivity index (χ3v) is 8.30. The van der Waals surface area contributed by atoms with E-state index in [1.54, 1.807) is 20.8 Å². The van der Waals surface area contributed by atoms with Gasteiger partial charge < -0.3 is 30.7 Å². The summed E-state index contributed by atoms with van der Waals surface area (Å²) in [5, 5.41) is 11.7. The lowest BCUT2D eigenvalue weighted by molar-refractivity contribution is -0.150. The van der Waals surface area contributed by atoms with Gasteiger partial charge in [0.1, 0.15) is 5.60 Å². The van der Waals surface area contributed by atoms with Crippen molar-refractivity contribution in [3.8, 4) is 0 Å². The van der Waals surface area contributed by atoms with Crippen LogP contribution in [0.15, 0.2) is 0 Å². The molecular weight excluding hydrogens is 480 g/mol. The summed E-state index contributed by atoms with van der Waals surface area (Å²) in [5.41, 5.74) is -0.610. The highest BCUT2D eigenvalue weighted by atomic mass is 16.6. The van der Waals surface area contributed by atoms with Crippen LogP contribution in [0.3, 0.4) is 0 Å². The maximum Gasteiger partial charge on any atom is 0.407 e. The average molecular weight is 521 g/mol. The second-order valence-corrected chi connectivity index (χ2v) is 11.9. The lowest BCUT2D eigenvalue weighted by Crippen LogP contribution is -2.61. The normalized spacial score (nSPS) is 34.2. The fourth-order valence-electron chi connectivity index (χ4n) is 5.39. The smallest absolute Gasteiger partial charge is 0.407 e. The zero-order valence-electron chi connectivity index (χ0n) is 22.1. The fourth-order valence-corrected chi connectivity index (χ4v) is 5.39. The highest BCUT2D eigenvalue weighted by Crippen LogP contribution is 2.35. The third-order valence-electron chi connectivity index (χ3n) is 8.30. The van der Waals surface area contributed by atoms with Crippen LogP contribution in [0.5, 0.6) is 0 Å². The molecule has 0 spiro atoms. The van der Waals surface area contributed by atoms with Crippen molar-refractivity contribution in [2.45, 2.75) is 102 Å². The molecule has 0 bridgehead atoms. The number of methoxy groups -OCH3 is 1. The first kappa shape index (κ1) is 27.2. The molecule has 0 radical (unpaired) electrons. The number of amides is 4. The van der Waals surface area contributed by atoms with Crippen molar-refractivity contribution in [1.29, 1.82) is 0 Å². The first-order valence-electron chi connectivity index (χ1n) is 13.4. The van der Waals surface area contributed by atoms with E-state index in [0.717, 1.165) is 12.8 Å². The Balaban J connectivity index is 1.20. The van der Waals surface area contributed by atoms with Crippen LogP contribution in [0.25, 0.3) is 0 Å². The molecule has 4 fully saturated rings. The van der Waals surface area contributed by atoms with Crippen LogP contribution in [0, 0.1) is 23.7 Å². The number of hydrogen-bond donors (Lipinski definition) is 4. The Morgan fingerprint density at radius 2 is 0.919 bits per heavy atom. The molecule has 0 aromatic carbocycles. The number of rotatable bonds is 8. The molecule has 11 heteroatoms. The van der Waals surface area contributed by atoms with E-state index >= 15 is 0 Å². The van der Waals surface area contributed by atoms with Gasteiger partial charge in [0.2, 0.25) is 17.7 Å². The molecule has 206 valence electrons. The molecule has 0 aromatic rings. The van der Waals surface area contributed by atoms with Gasteiger partial charge in [0.25, 0.3) is 0 Å². The van der Waals surface area contributed by atoms with E-state index in [1.165, 1.54) is 7.11 Å². The molecular formula is C26H40N4O7. The van der Waals surface area contributed by atoms with E-state index in [1.807, 2.05) is 0 Å². The van der Waals surface area contributed by atoms with Crippen LogP contribution in [0.2, 0.25) is 0 Å². The number of nitrogens with one attached hydrogen (secondary N) is 4. The molecule has 0 unspecified atom stereocenters. The molecule has 4 N–H and O–H groups in total. The molecule has 4 amide bonds. The second-order valence-electron chi connectivity index (χ2n) is 11.9. The van der Waals surface area contributed by atoms with Gasteiger partial charge in [-0.15, -0.1) is 0 Å². The number of alkyl carbamates (subject to hydrolysis) is 1. The van der Waals surface area contributed by atoms with Gasteiger partial charge in [0, 0.05) is 24.2 Å². The quantitative estimate of drug-likeness (QED) is 0.350.